The molecule has 0 aromatic heterocycles. The molecule has 1 atom stereocenters. The van der Waals surface area contributed by atoms with Crippen molar-refractivity contribution in [3.63, 3.8) is 0 Å². The summed E-state index contributed by atoms with van der Waals surface area (Å²) in [5, 5.41) is 4.55. The molecule has 0 saturated heterocycles. The van der Waals surface area contributed by atoms with E-state index in [1.807, 2.05) is 78.9 Å². The van der Waals surface area contributed by atoms with Gasteiger partial charge < -0.3 is 10.2 Å². The molecule has 0 aliphatic heterocycles. The molecule has 1 fully saturated rings. The van der Waals surface area contributed by atoms with E-state index in [1.54, 1.807) is 4.90 Å². The Kier molecular flexibility index (Phi) is 11.0. The fourth-order valence-electron chi connectivity index (χ4n) is 4.86. The van der Waals surface area contributed by atoms with Crippen LogP contribution in [0, 0.1) is 0 Å². The zero-order valence-electron chi connectivity index (χ0n) is 21.5. The van der Waals surface area contributed by atoms with Gasteiger partial charge in [-0.25, -0.2) is 0 Å². The summed E-state index contributed by atoms with van der Waals surface area (Å²) < 4.78 is 0. The molecule has 3 aromatic rings. The summed E-state index contributed by atoms with van der Waals surface area (Å²) in [5.74, 6) is 0.652. The van der Waals surface area contributed by atoms with Crippen LogP contribution in [0.1, 0.15) is 48.8 Å². The molecular weight excluding hydrogens is 535 g/mol. The van der Waals surface area contributed by atoms with Gasteiger partial charge in [0, 0.05) is 34.8 Å². The van der Waals surface area contributed by atoms with Crippen molar-refractivity contribution in [2.45, 2.75) is 62.9 Å². The Bertz CT molecular complexity index is 1200. The molecule has 1 saturated carbocycles. The first kappa shape index (κ1) is 28.5. The van der Waals surface area contributed by atoms with E-state index in [1.165, 1.54) is 18.2 Å². The molecule has 0 spiro atoms. The molecule has 4 nitrogen and oxygen atoms in total. The van der Waals surface area contributed by atoms with Crippen molar-refractivity contribution in [2.24, 2.45) is 0 Å². The van der Waals surface area contributed by atoms with Gasteiger partial charge in [-0.05, 0) is 41.7 Å². The van der Waals surface area contributed by atoms with Crippen molar-refractivity contribution >= 4 is 46.8 Å². The van der Waals surface area contributed by atoms with E-state index in [0.29, 0.717) is 22.2 Å². The number of nitrogens with zero attached hydrogens (tertiary/aromatic N) is 1. The number of rotatable bonds is 11. The molecule has 0 heterocycles. The van der Waals surface area contributed by atoms with Gasteiger partial charge in [-0.2, -0.15) is 0 Å². The SMILES string of the molecule is O=C(NC1CCCCC1)[C@@H](Cc1ccccc1)N(Cc1ccccc1Cl)C(=O)CSCc1ccccc1Cl. The summed E-state index contributed by atoms with van der Waals surface area (Å²) in [5.41, 5.74) is 2.82. The van der Waals surface area contributed by atoms with E-state index in [9.17, 15) is 9.59 Å². The minimum Gasteiger partial charge on any atom is -0.352 e. The molecule has 7 heteroatoms. The Balaban J connectivity index is 1.58. The van der Waals surface area contributed by atoms with Crippen LogP contribution in [0.5, 0.6) is 0 Å². The number of thioether (sulfide) groups is 1. The molecule has 1 aliphatic carbocycles. The van der Waals surface area contributed by atoms with E-state index in [0.717, 1.165) is 42.4 Å². The third-order valence-electron chi connectivity index (χ3n) is 6.96. The van der Waals surface area contributed by atoms with Gasteiger partial charge in [0.25, 0.3) is 0 Å². The highest BCUT2D eigenvalue weighted by Crippen LogP contribution is 2.25. The number of hydrogen-bond acceptors (Lipinski definition) is 3. The van der Waals surface area contributed by atoms with Crippen molar-refractivity contribution < 1.29 is 9.59 Å². The summed E-state index contributed by atoms with van der Waals surface area (Å²) in [7, 11) is 0. The summed E-state index contributed by atoms with van der Waals surface area (Å²) in [6, 6.07) is 24.6. The average Bonchev–Trinajstić information content (AvgIpc) is 2.93. The molecule has 0 unspecified atom stereocenters. The van der Waals surface area contributed by atoms with Gasteiger partial charge in [0.05, 0.1) is 5.75 Å². The second-order valence-corrected chi connectivity index (χ2v) is 11.5. The quantitative estimate of drug-likeness (QED) is 0.263. The fraction of sp³-hybridized carbons (Fsp3) is 0.355. The van der Waals surface area contributed by atoms with Crippen LogP contribution >= 0.6 is 35.0 Å². The summed E-state index contributed by atoms with van der Waals surface area (Å²) in [6.45, 7) is 0.265. The first-order valence-electron chi connectivity index (χ1n) is 13.2. The van der Waals surface area contributed by atoms with Crippen molar-refractivity contribution in [3.05, 3.63) is 106 Å². The van der Waals surface area contributed by atoms with E-state index in [2.05, 4.69) is 5.32 Å². The molecule has 38 heavy (non-hydrogen) atoms. The maximum absolute atomic E-state index is 13.8. The second kappa shape index (κ2) is 14.6. The van der Waals surface area contributed by atoms with E-state index in [4.69, 9.17) is 23.2 Å². The van der Waals surface area contributed by atoms with E-state index in [-0.39, 0.29) is 30.2 Å². The third-order valence-corrected chi connectivity index (χ3v) is 8.67. The number of benzene rings is 3. The monoisotopic (exact) mass is 568 g/mol. The molecule has 4 rings (SSSR count). The van der Waals surface area contributed by atoms with Gasteiger partial charge in [-0.1, -0.05) is 109 Å². The fourth-order valence-corrected chi connectivity index (χ4v) is 6.25. The van der Waals surface area contributed by atoms with Gasteiger partial charge >= 0.3 is 0 Å². The lowest BCUT2D eigenvalue weighted by Gasteiger charge is -2.33. The summed E-state index contributed by atoms with van der Waals surface area (Å²) >= 11 is 14.3. The Morgan fingerprint density at radius 3 is 2.11 bits per heavy atom. The first-order valence-corrected chi connectivity index (χ1v) is 15.1. The predicted molar refractivity (Wildman–Crippen MR) is 159 cm³/mol. The first-order chi connectivity index (χ1) is 18.5. The largest absolute Gasteiger partial charge is 0.352 e. The van der Waals surface area contributed by atoms with Gasteiger partial charge in [0.15, 0.2) is 0 Å². The highest BCUT2D eigenvalue weighted by molar-refractivity contribution is 7.99. The van der Waals surface area contributed by atoms with Crippen molar-refractivity contribution in [2.75, 3.05) is 5.75 Å². The molecular formula is C31H34Cl2N2O2S. The van der Waals surface area contributed by atoms with Crippen LogP contribution in [0.3, 0.4) is 0 Å². The third kappa shape index (κ3) is 8.26. The van der Waals surface area contributed by atoms with Crippen LogP contribution in [0.2, 0.25) is 10.0 Å². The molecule has 200 valence electrons. The number of carbonyl (C=O) groups is 2. The zero-order valence-corrected chi connectivity index (χ0v) is 23.8. The minimum absolute atomic E-state index is 0.0956. The maximum Gasteiger partial charge on any atom is 0.243 e. The Labute approximate surface area is 240 Å². The Morgan fingerprint density at radius 1 is 0.842 bits per heavy atom. The van der Waals surface area contributed by atoms with E-state index >= 15 is 0 Å². The van der Waals surface area contributed by atoms with Crippen LogP contribution < -0.4 is 5.32 Å². The second-order valence-electron chi connectivity index (χ2n) is 9.75. The molecule has 2 amide bonds. The van der Waals surface area contributed by atoms with Crippen molar-refractivity contribution in [3.8, 4) is 0 Å². The van der Waals surface area contributed by atoms with Crippen LogP contribution in [-0.2, 0) is 28.3 Å². The summed E-state index contributed by atoms with van der Waals surface area (Å²) in [4.78, 5) is 29.3. The number of hydrogen-bond donors (Lipinski definition) is 1. The standard InChI is InChI=1S/C31H34Cl2N2O2S/c32-27-17-9-7-13-24(27)20-35(30(36)22-38-21-25-14-8-10-18-28(25)33)29(19-23-11-3-1-4-12-23)31(37)34-26-15-5-2-6-16-26/h1,3-4,7-14,17-18,26,29H,2,5-6,15-16,19-22H2,(H,34,37)/t29-/m1/s1. The van der Waals surface area contributed by atoms with Gasteiger partial charge in [0.2, 0.25) is 11.8 Å². The van der Waals surface area contributed by atoms with Gasteiger partial charge in [-0.15, -0.1) is 11.8 Å². The average molecular weight is 570 g/mol. The Morgan fingerprint density at radius 2 is 1.45 bits per heavy atom. The van der Waals surface area contributed by atoms with Gasteiger partial charge in [0.1, 0.15) is 6.04 Å². The predicted octanol–water partition coefficient (Wildman–Crippen LogP) is 7.32. The topological polar surface area (TPSA) is 49.4 Å². The number of carbonyl (C=O) groups excluding carboxylic acids is 2. The smallest absolute Gasteiger partial charge is 0.243 e. The maximum atomic E-state index is 13.8. The number of nitrogens with one attached hydrogen (secondary N) is 1. The molecule has 0 bridgehead atoms. The Hall–Kier alpha value is -2.47. The lowest BCUT2D eigenvalue weighted by Crippen LogP contribution is -2.53. The molecule has 0 radical (unpaired) electrons. The zero-order chi connectivity index (χ0) is 26.7. The number of amides is 2. The van der Waals surface area contributed by atoms with Crippen LogP contribution in [0.4, 0.5) is 0 Å². The van der Waals surface area contributed by atoms with Crippen molar-refractivity contribution in [1.82, 2.24) is 10.2 Å². The lowest BCUT2D eigenvalue weighted by molar-refractivity contribution is -0.139. The van der Waals surface area contributed by atoms with Crippen LogP contribution in [0.25, 0.3) is 0 Å². The normalized spacial score (nSPS) is 14.6. The highest BCUT2D eigenvalue weighted by Gasteiger charge is 2.32. The molecule has 3 aromatic carbocycles. The lowest BCUT2D eigenvalue weighted by atomic mass is 9.94. The van der Waals surface area contributed by atoms with Gasteiger partial charge in [-0.3, -0.25) is 9.59 Å². The van der Waals surface area contributed by atoms with E-state index < -0.39 is 6.04 Å². The van der Waals surface area contributed by atoms with Crippen LogP contribution in [0.15, 0.2) is 78.9 Å². The van der Waals surface area contributed by atoms with Crippen molar-refractivity contribution in [1.29, 1.82) is 0 Å². The minimum atomic E-state index is -0.649. The van der Waals surface area contributed by atoms with Crippen LogP contribution in [-0.4, -0.2) is 34.6 Å². The molecule has 1 aliphatic rings. The molecule has 1 N–H and O–H groups in total. The highest BCUT2D eigenvalue weighted by atomic mass is 35.5. The summed E-state index contributed by atoms with van der Waals surface area (Å²) in [6.07, 6.45) is 5.85. The number of halogens is 2.